The maximum atomic E-state index is 12.1. The molecule has 0 amide bonds. The van der Waals surface area contributed by atoms with Crippen molar-refractivity contribution in [1.82, 2.24) is 0 Å². The van der Waals surface area contributed by atoms with Crippen LogP contribution in [0.1, 0.15) is 91.9 Å². The van der Waals surface area contributed by atoms with Crippen LogP contribution in [0, 0.1) is 0 Å². The number of carboxylic acid groups (broad SMARTS) is 3. The fourth-order valence-corrected chi connectivity index (χ4v) is 4.62. The van der Waals surface area contributed by atoms with Crippen LogP contribution in [0.25, 0.3) is 0 Å². The molecule has 0 radical (unpaired) electrons. The minimum atomic E-state index is -1.12. The topological polar surface area (TPSA) is 112 Å². The Kier molecular flexibility index (Phi) is 12.7. The number of aliphatic carboxylic acids is 3. The van der Waals surface area contributed by atoms with Crippen LogP contribution in [-0.4, -0.2) is 62.4 Å². The predicted octanol–water partition coefficient (Wildman–Crippen LogP) is 4.14. The van der Waals surface area contributed by atoms with Gasteiger partial charge in [-0.3, -0.25) is 4.48 Å². The molecule has 0 fully saturated rings. The first-order valence-corrected chi connectivity index (χ1v) is 10.8. The summed E-state index contributed by atoms with van der Waals surface area (Å²) in [7, 11) is 0. The van der Waals surface area contributed by atoms with E-state index in [1.807, 2.05) is 0 Å². The highest BCUT2D eigenvalue weighted by Crippen LogP contribution is 2.32. The van der Waals surface area contributed by atoms with Crippen LogP contribution in [0.15, 0.2) is 0 Å². The van der Waals surface area contributed by atoms with Gasteiger partial charge < -0.3 is 15.3 Å². The van der Waals surface area contributed by atoms with Gasteiger partial charge in [-0.2, -0.15) is 0 Å². The highest BCUT2D eigenvalue weighted by Gasteiger charge is 2.55. The molecule has 28 heavy (non-hydrogen) atoms. The molecule has 0 aliphatic heterocycles. The Labute approximate surface area is 169 Å². The van der Waals surface area contributed by atoms with E-state index in [4.69, 9.17) is 0 Å². The van der Waals surface area contributed by atoms with E-state index >= 15 is 0 Å². The second kappa shape index (κ2) is 13.5. The van der Waals surface area contributed by atoms with Gasteiger partial charge in [0.2, 0.25) is 0 Å². The molecule has 0 saturated heterocycles. The number of carboxylic acids is 3. The number of hydrogen-bond acceptors (Lipinski definition) is 3. The lowest BCUT2D eigenvalue weighted by Gasteiger charge is -2.49. The smallest absolute Gasteiger partial charge is 0.362 e. The molecule has 7 nitrogen and oxygen atoms in total. The number of carbonyl (C=O) groups is 3. The lowest BCUT2D eigenvalue weighted by molar-refractivity contribution is -0.973. The highest BCUT2D eigenvalue weighted by molar-refractivity contribution is 5.78. The van der Waals surface area contributed by atoms with Gasteiger partial charge in [0, 0.05) is 19.3 Å². The molecule has 3 atom stereocenters. The minimum absolute atomic E-state index is 0.194. The van der Waals surface area contributed by atoms with Gasteiger partial charge in [-0.25, -0.2) is 14.4 Å². The van der Waals surface area contributed by atoms with Crippen molar-refractivity contribution in [2.24, 2.45) is 0 Å². The lowest BCUT2D eigenvalue weighted by atomic mass is 9.94. The maximum absolute atomic E-state index is 12.1. The van der Waals surface area contributed by atoms with Crippen molar-refractivity contribution >= 4 is 17.9 Å². The van der Waals surface area contributed by atoms with Crippen molar-refractivity contribution < 1.29 is 34.2 Å². The van der Waals surface area contributed by atoms with Crippen LogP contribution in [0.2, 0.25) is 0 Å². The van der Waals surface area contributed by atoms with E-state index in [0.29, 0.717) is 6.42 Å². The quantitative estimate of drug-likeness (QED) is 0.249. The molecule has 0 aromatic rings. The zero-order valence-corrected chi connectivity index (χ0v) is 18.0. The van der Waals surface area contributed by atoms with Crippen LogP contribution >= 0.6 is 0 Å². The largest absolute Gasteiger partial charge is 0.477 e. The standard InChI is InChI=1S/C21H39NO6/c1-5-9-10-11-12-13-14-15-22(16(6-2)19(23)24,17(7-3)20(25)26)18(8-4)21(27)28/h16-18H,5-15H2,1-4H3,(H2-,23,24,25,26,27,28)/p+1. The van der Waals surface area contributed by atoms with E-state index < -0.39 is 40.5 Å². The van der Waals surface area contributed by atoms with Gasteiger partial charge in [0.15, 0.2) is 18.1 Å². The van der Waals surface area contributed by atoms with E-state index in [9.17, 15) is 29.7 Å². The third kappa shape index (κ3) is 6.76. The summed E-state index contributed by atoms with van der Waals surface area (Å²) in [6.07, 6.45) is 7.65. The third-order valence-corrected chi connectivity index (χ3v) is 5.91. The maximum Gasteiger partial charge on any atom is 0.362 e. The second-order valence-electron chi connectivity index (χ2n) is 7.63. The Balaban J connectivity index is 5.87. The zero-order valence-electron chi connectivity index (χ0n) is 18.0. The summed E-state index contributed by atoms with van der Waals surface area (Å²) in [5.74, 6) is -3.36. The van der Waals surface area contributed by atoms with Crippen LogP contribution in [0.4, 0.5) is 0 Å². The SMILES string of the molecule is CCCCCCCCC[N+](C(CC)C(=O)O)(C(CC)C(=O)O)C(CC)C(=O)O. The van der Waals surface area contributed by atoms with E-state index in [-0.39, 0.29) is 25.8 Å². The van der Waals surface area contributed by atoms with Crippen molar-refractivity contribution in [3.8, 4) is 0 Å². The molecule has 0 saturated carbocycles. The van der Waals surface area contributed by atoms with Gasteiger partial charge >= 0.3 is 17.9 Å². The van der Waals surface area contributed by atoms with Crippen LogP contribution in [-0.2, 0) is 14.4 Å². The molecule has 0 aromatic carbocycles. The Hall–Kier alpha value is -1.63. The molecule has 0 rings (SSSR count). The number of rotatable bonds is 17. The van der Waals surface area contributed by atoms with Gasteiger partial charge in [-0.05, 0) is 12.8 Å². The van der Waals surface area contributed by atoms with Crippen LogP contribution in [0.5, 0.6) is 0 Å². The summed E-state index contributed by atoms with van der Waals surface area (Å²) in [6, 6.07) is -3.16. The van der Waals surface area contributed by atoms with Crippen molar-refractivity contribution in [3.05, 3.63) is 0 Å². The Morgan fingerprint density at radius 3 is 1.21 bits per heavy atom. The summed E-state index contributed by atoms with van der Waals surface area (Å²) >= 11 is 0. The number of unbranched alkanes of at least 4 members (excludes halogenated alkanes) is 6. The van der Waals surface area contributed by atoms with Gasteiger partial charge in [-0.15, -0.1) is 0 Å². The molecular formula is C21H40NO6+. The first-order valence-electron chi connectivity index (χ1n) is 10.8. The van der Waals surface area contributed by atoms with Crippen molar-refractivity contribution in [2.75, 3.05) is 6.54 Å². The summed E-state index contributed by atoms with van der Waals surface area (Å²) < 4.78 is -0.404. The van der Waals surface area contributed by atoms with E-state index in [2.05, 4.69) is 6.92 Å². The fraction of sp³-hybridized carbons (Fsp3) is 0.857. The summed E-state index contributed by atoms with van der Waals surface area (Å²) in [4.78, 5) is 36.2. The van der Waals surface area contributed by atoms with Crippen LogP contribution in [0.3, 0.4) is 0 Å². The number of hydrogen-bond donors (Lipinski definition) is 3. The zero-order chi connectivity index (χ0) is 21.7. The van der Waals surface area contributed by atoms with E-state index in [0.717, 1.165) is 32.1 Å². The Morgan fingerprint density at radius 2 is 0.929 bits per heavy atom. The Morgan fingerprint density at radius 1 is 0.607 bits per heavy atom. The van der Waals surface area contributed by atoms with Gasteiger partial charge in [-0.1, -0.05) is 59.8 Å². The molecule has 0 heterocycles. The van der Waals surface area contributed by atoms with Crippen molar-refractivity contribution in [2.45, 2.75) is 110 Å². The molecule has 164 valence electrons. The van der Waals surface area contributed by atoms with E-state index in [1.54, 1.807) is 20.8 Å². The average molecular weight is 403 g/mol. The number of nitrogens with zero attached hydrogens (tertiary/aromatic N) is 1. The monoisotopic (exact) mass is 402 g/mol. The first kappa shape index (κ1) is 26.4. The molecule has 0 bridgehead atoms. The lowest BCUT2D eigenvalue weighted by Crippen LogP contribution is -2.72. The molecular weight excluding hydrogens is 362 g/mol. The molecule has 0 aliphatic rings. The summed E-state index contributed by atoms with van der Waals surface area (Å²) in [5, 5.41) is 29.6. The Bertz CT molecular complexity index is 438. The third-order valence-electron chi connectivity index (χ3n) is 5.91. The second-order valence-corrected chi connectivity index (χ2v) is 7.63. The first-order chi connectivity index (χ1) is 13.2. The highest BCUT2D eigenvalue weighted by atomic mass is 16.4. The van der Waals surface area contributed by atoms with Crippen molar-refractivity contribution in [1.29, 1.82) is 0 Å². The fourth-order valence-electron chi connectivity index (χ4n) is 4.62. The summed E-state index contributed by atoms with van der Waals surface area (Å²) in [6.45, 7) is 7.49. The molecule has 7 heteroatoms. The van der Waals surface area contributed by atoms with Crippen LogP contribution < -0.4 is 0 Å². The molecule has 0 spiro atoms. The molecule has 3 unspecified atom stereocenters. The number of quaternary nitrogens is 1. The van der Waals surface area contributed by atoms with Crippen molar-refractivity contribution in [3.63, 3.8) is 0 Å². The normalized spacial score (nSPS) is 16.7. The predicted molar refractivity (Wildman–Crippen MR) is 108 cm³/mol. The van der Waals surface area contributed by atoms with Gasteiger partial charge in [0.05, 0.1) is 6.54 Å². The summed E-state index contributed by atoms with van der Waals surface area (Å²) in [5.41, 5.74) is 0. The average Bonchev–Trinajstić information content (AvgIpc) is 2.61. The van der Waals surface area contributed by atoms with E-state index in [1.165, 1.54) is 6.42 Å². The molecule has 0 aromatic heterocycles. The minimum Gasteiger partial charge on any atom is -0.477 e. The van der Waals surface area contributed by atoms with Gasteiger partial charge in [0.1, 0.15) is 0 Å². The molecule has 0 aliphatic carbocycles. The molecule has 3 N–H and O–H groups in total. The van der Waals surface area contributed by atoms with Gasteiger partial charge in [0.25, 0.3) is 0 Å².